The fourth-order valence-corrected chi connectivity index (χ4v) is 10.9. The molecule has 0 amide bonds. The molecule has 0 aromatic rings. The van der Waals surface area contributed by atoms with Gasteiger partial charge in [-0.1, -0.05) is 55.4 Å². The largest absolute Gasteiger partial charge is 0.291 e. The van der Waals surface area contributed by atoms with Gasteiger partial charge in [-0.2, -0.15) is 0 Å². The van der Waals surface area contributed by atoms with Crippen LogP contribution in [0.25, 0.3) is 0 Å². The van der Waals surface area contributed by atoms with E-state index in [4.69, 9.17) is 0 Å². The Kier molecular flexibility index (Phi) is 4.70. The molecule has 0 aliphatic heterocycles. The van der Waals surface area contributed by atoms with Crippen molar-refractivity contribution in [3.8, 4) is 0 Å². The molecule has 0 heterocycles. The maximum atomic E-state index is 12.8. The first-order chi connectivity index (χ1) is 14.6. The van der Waals surface area contributed by atoms with E-state index in [1.807, 2.05) is 0 Å². The second-order valence-electron chi connectivity index (χ2n) is 15.3. The average Bonchev–Trinajstić information content (AvgIpc) is 2.72. The van der Waals surface area contributed by atoms with E-state index in [0.717, 1.165) is 12.3 Å². The summed E-state index contributed by atoms with van der Waals surface area (Å²) in [6.07, 6.45) is 12.3. The number of Topliss-reactive ketones (excluding diaryl/α,β-unsaturated/α-hetero) is 2. The first-order valence-electron chi connectivity index (χ1n) is 13.7. The normalized spacial score (nSPS) is 57.1. The Morgan fingerprint density at radius 2 is 1.25 bits per heavy atom. The summed E-state index contributed by atoms with van der Waals surface area (Å²) < 4.78 is 0. The standard InChI is InChI=1S/C30H48O2/c1-19-24(32)20(31)17-22-27(19,5)10-9-21-28(22,6)14-16-30(8)23-18-25(2,3)11-12-26(23,4)13-15-29(21,30)7/h19,21-23H,9-18H2,1-8H3/t19-,21-,22+,23+,26+,27+,28+,29+,30-/m0/s1. The van der Waals surface area contributed by atoms with Crippen LogP contribution in [-0.2, 0) is 9.59 Å². The molecule has 32 heavy (non-hydrogen) atoms. The van der Waals surface area contributed by atoms with E-state index < -0.39 is 0 Å². The van der Waals surface area contributed by atoms with Crippen LogP contribution < -0.4 is 0 Å². The van der Waals surface area contributed by atoms with Gasteiger partial charge in [0.15, 0.2) is 5.78 Å². The highest BCUT2D eigenvalue weighted by atomic mass is 16.2. The van der Waals surface area contributed by atoms with Crippen LogP contribution in [0, 0.1) is 56.2 Å². The van der Waals surface area contributed by atoms with Crippen molar-refractivity contribution in [2.75, 3.05) is 0 Å². The van der Waals surface area contributed by atoms with E-state index >= 15 is 0 Å². The molecule has 0 aromatic heterocycles. The third-order valence-corrected chi connectivity index (χ3v) is 13.6. The van der Waals surface area contributed by atoms with Crippen LogP contribution in [-0.4, -0.2) is 11.6 Å². The van der Waals surface area contributed by atoms with Gasteiger partial charge in [0.05, 0.1) is 0 Å². The van der Waals surface area contributed by atoms with Gasteiger partial charge in [0.2, 0.25) is 5.78 Å². The fourth-order valence-electron chi connectivity index (χ4n) is 10.9. The van der Waals surface area contributed by atoms with Crippen molar-refractivity contribution >= 4 is 11.6 Å². The van der Waals surface area contributed by atoms with E-state index in [0.29, 0.717) is 39.9 Å². The Balaban J connectivity index is 1.56. The van der Waals surface area contributed by atoms with Gasteiger partial charge in [-0.3, -0.25) is 9.59 Å². The molecule has 2 heteroatoms. The summed E-state index contributed by atoms with van der Waals surface area (Å²) in [5, 5.41) is 0. The zero-order chi connectivity index (χ0) is 23.5. The van der Waals surface area contributed by atoms with Crippen molar-refractivity contribution in [1.29, 1.82) is 0 Å². The van der Waals surface area contributed by atoms with Crippen molar-refractivity contribution in [3.05, 3.63) is 0 Å². The van der Waals surface area contributed by atoms with Crippen molar-refractivity contribution in [2.45, 2.75) is 120 Å². The second-order valence-corrected chi connectivity index (χ2v) is 15.3. The molecule has 0 unspecified atom stereocenters. The maximum Gasteiger partial charge on any atom is 0.201 e. The van der Waals surface area contributed by atoms with Gasteiger partial charge < -0.3 is 0 Å². The minimum absolute atomic E-state index is 0.00362. The van der Waals surface area contributed by atoms with Crippen LogP contribution in [0.3, 0.4) is 0 Å². The number of carbonyl (C=O) groups excluding carboxylic acids is 2. The first-order valence-corrected chi connectivity index (χ1v) is 13.7. The summed E-state index contributed by atoms with van der Waals surface area (Å²) in [4.78, 5) is 25.5. The average molecular weight is 441 g/mol. The maximum absolute atomic E-state index is 12.8. The lowest BCUT2D eigenvalue weighted by Crippen LogP contribution is -2.68. The molecule has 0 radical (unpaired) electrons. The van der Waals surface area contributed by atoms with Gasteiger partial charge in [-0.25, -0.2) is 0 Å². The minimum atomic E-state index is -0.110. The highest BCUT2D eigenvalue weighted by Gasteiger charge is 2.71. The number of ketones is 2. The molecule has 180 valence electrons. The number of hydrogen-bond acceptors (Lipinski definition) is 2. The zero-order valence-corrected chi connectivity index (χ0v) is 22.2. The van der Waals surface area contributed by atoms with Crippen LogP contribution in [0.1, 0.15) is 120 Å². The Hall–Kier alpha value is -0.660. The van der Waals surface area contributed by atoms with Gasteiger partial charge in [0, 0.05) is 12.3 Å². The Morgan fingerprint density at radius 1 is 0.656 bits per heavy atom. The van der Waals surface area contributed by atoms with Crippen LogP contribution in [0.5, 0.6) is 0 Å². The van der Waals surface area contributed by atoms with Crippen LogP contribution in [0.2, 0.25) is 0 Å². The summed E-state index contributed by atoms with van der Waals surface area (Å²) in [5.41, 5.74) is 1.87. The third-order valence-electron chi connectivity index (χ3n) is 13.6. The van der Waals surface area contributed by atoms with Gasteiger partial charge in [0.25, 0.3) is 0 Å². The summed E-state index contributed by atoms with van der Waals surface area (Å²) in [6.45, 7) is 19.9. The van der Waals surface area contributed by atoms with Crippen LogP contribution in [0.4, 0.5) is 0 Å². The Bertz CT molecular complexity index is 857. The fraction of sp³-hybridized carbons (Fsp3) is 0.933. The van der Waals surface area contributed by atoms with Gasteiger partial charge in [-0.15, -0.1) is 0 Å². The van der Waals surface area contributed by atoms with Crippen LogP contribution in [0.15, 0.2) is 0 Å². The van der Waals surface area contributed by atoms with Gasteiger partial charge >= 0.3 is 0 Å². The molecule has 0 bridgehead atoms. The second kappa shape index (κ2) is 6.51. The quantitative estimate of drug-likeness (QED) is 0.363. The van der Waals surface area contributed by atoms with E-state index in [9.17, 15) is 9.59 Å². The molecule has 0 spiro atoms. The molecule has 9 atom stereocenters. The molecule has 5 aliphatic carbocycles. The highest BCUT2D eigenvalue weighted by Crippen LogP contribution is 2.78. The molecule has 5 fully saturated rings. The van der Waals surface area contributed by atoms with E-state index in [1.165, 1.54) is 51.4 Å². The topological polar surface area (TPSA) is 34.1 Å². The predicted molar refractivity (Wildman–Crippen MR) is 130 cm³/mol. The molecule has 0 saturated heterocycles. The minimum Gasteiger partial charge on any atom is -0.291 e. The summed E-state index contributed by atoms with van der Waals surface area (Å²) >= 11 is 0. The summed E-state index contributed by atoms with van der Waals surface area (Å²) in [5.74, 6) is 1.58. The molecule has 0 aromatic carbocycles. The number of fused-ring (bicyclic) bond motifs is 7. The van der Waals surface area contributed by atoms with E-state index in [2.05, 4.69) is 55.4 Å². The molecule has 2 nitrogen and oxygen atoms in total. The van der Waals surface area contributed by atoms with Crippen molar-refractivity contribution < 1.29 is 9.59 Å². The first kappa shape index (κ1) is 23.1. The summed E-state index contributed by atoms with van der Waals surface area (Å²) in [7, 11) is 0. The zero-order valence-electron chi connectivity index (χ0n) is 22.2. The lowest BCUT2D eigenvalue weighted by atomic mass is 9.30. The molecular weight excluding hydrogens is 392 g/mol. The number of carbonyl (C=O) groups is 2. The lowest BCUT2D eigenvalue weighted by molar-refractivity contribution is -0.255. The SMILES string of the molecule is C[C@H]1C(=O)C(=O)C[C@@H]2[C@]1(C)CC[C@H]1[C@@]2(C)CC[C@@]2(C)[C@@H]3CC(C)(C)CC[C@]3(C)CC[C@]12C. The van der Waals surface area contributed by atoms with Crippen molar-refractivity contribution in [2.24, 2.45) is 56.2 Å². The van der Waals surface area contributed by atoms with Crippen molar-refractivity contribution in [3.63, 3.8) is 0 Å². The number of hydrogen-bond donors (Lipinski definition) is 0. The Morgan fingerprint density at radius 3 is 1.94 bits per heavy atom. The van der Waals surface area contributed by atoms with Crippen molar-refractivity contribution in [1.82, 2.24) is 0 Å². The lowest BCUT2D eigenvalue weighted by Gasteiger charge is -2.74. The van der Waals surface area contributed by atoms with Gasteiger partial charge in [0.1, 0.15) is 0 Å². The van der Waals surface area contributed by atoms with Crippen LogP contribution >= 0.6 is 0 Å². The monoisotopic (exact) mass is 440 g/mol. The molecular formula is C30H48O2. The molecule has 5 rings (SSSR count). The molecule has 5 saturated carbocycles. The summed E-state index contributed by atoms with van der Waals surface area (Å²) in [6, 6.07) is 0. The van der Waals surface area contributed by atoms with Gasteiger partial charge in [-0.05, 0) is 108 Å². The highest BCUT2D eigenvalue weighted by molar-refractivity contribution is 6.38. The molecule has 5 aliphatic rings. The third kappa shape index (κ3) is 2.65. The molecule has 0 N–H and O–H groups in total. The van der Waals surface area contributed by atoms with E-state index in [-0.39, 0.29) is 28.3 Å². The van der Waals surface area contributed by atoms with E-state index in [1.54, 1.807) is 0 Å². The predicted octanol–water partition coefficient (Wildman–Crippen LogP) is 7.64. The number of rotatable bonds is 0. The smallest absolute Gasteiger partial charge is 0.201 e. The Labute approximate surface area is 197 Å².